The van der Waals surface area contributed by atoms with Crippen LogP contribution in [0.1, 0.15) is 19.8 Å². The van der Waals surface area contributed by atoms with Gasteiger partial charge in [0.2, 0.25) is 0 Å². The Labute approximate surface area is 85.5 Å². The molecule has 0 unspecified atom stereocenters. The molecule has 1 heterocycles. The van der Waals surface area contributed by atoms with Gasteiger partial charge >= 0.3 is 0 Å². The Kier molecular flexibility index (Phi) is 4.81. The number of hydrogen-bond acceptors (Lipinski definition) is 4. The third-order valence-electron chi connectivity index (χ3n) is 2.54. The summed E-state index contributed by atoms with van der Waals surface area (Å²) in [5.74, 6) is 0. The van der Waals surface area contributed by atoms with Crippen molar-refractivity contribution in [3.63, 3.8) is 0 Å². The van der Waals surface area contributed by atoms with E-state index in [2.05, 4.69) is 11.8 Å². The average molecular weight is 203 g/mol. The molecule has 1 rings (SSSR count). The Morgan fingerprint density at radius 2 is 2.07 bits per heavy atom. The van der Waals surface area contributed by atoms with Gasteiger partial charge in [0.25, 0.3) is 0 Å². The zero-order valence-electron chi connectivity index (χ0n) is 8.91. The number of aliphatic hydroxyl groups is 2. The molecule has 84 valence electrons. The fourth-order valence-electron chi connectivity index (χ4n) is 1.93. The highest BCUT2D eigenvalue weighted by Crippen LogP contribution is 2.24. The van der Waals surface area contributed by atoms with Crippen molar-refractivity contribution in [1.82, 2.24) is 4.90 Å². The van der Waals surface area contributed by atoms with Crippen LogP contribution in [0.4, 0.5) is 0 Å². The number of nitrogens with zero attached hydrogens (tertiary/aromatic N) is 1. The first kappa shape index (κ1) is 11.9. The van der Waals surface area contributed by atoms with E-state index < -0.39 is 5.60 Å². The molecule has 0 amide bonds. The van der Waals surface area contributed by atoms with Crippen molar-refractivity contribution in [1.29, 1.82) is 0 Å². The summed E-state index contributed by atoms with van der Waals surface area (Å²) in [6, 6.07) is 0. The molecular weight excluding hydrogens is 182 g/mol. The van der Waals surface area contributed by atoms with Crippen LogP contribution in [0, 0.1) is 0 Å². The molecule has 4 nitrogen and oxygen atoms in total. The van der Waals surface area contributed by atoms with Crippen LogP contribution in [0.15, 0.2) is 0 Å². The second kappa shape index (κ2) is 5.66. The fourth-order valence-corrected chi connectivity index (χ4v) is 1.93. The lowest BCUT2D eigenvalue weighted by molar-refractivity contribution is -0.109. The Morgan fingerprint density at radius 3 is 2.64 bits per heavy atom. The summed E-state index contributed by atoms with van der Waals surface area (Å²) in [5, 5.41) is 18.3. The van der Waals surface area contributed by atoms with Crippen LogP contribution < -0.4 is 0 Å². The lowest BCUT2D eigenvalue weighted by Crippen LogP contribution is -2.62. The molecule has 0 spiro atoms. The van der Waals surface area contributed by atoms with Crippen LogP contribution in [0.25, 0.3) is 0 Å². The van der Waals surface area contributed by atoms with E-state index in [0.717, 1.165) is 32.5 Å². The van der Waals surface area contributed by atoms with E-state index in [0.29, 0.717) is 13.2 Å². The maximum atomic E-state index is 9.86. The average Bonchev–Trinajstić information content (AvgIpc) is 2.10. The van der Waals surface area contributed by atoms with Crippen LogP contribution in [-0.2, 0) is 4.74 Å². The predicted octanol–water partition coefficient (Wildman–Crippen LogP) is -0.158. The molecule has 0 aromatic rings. The normalized spacial score (nSPS) is 20.8. The molecule has 0 saturated carbocycles. The summed E-state index contributed by atoms with van der Waals surface area (Å²) in [5.41, 5.74) is -0.439. The summed E-state index contributed by atoms with van der Waals surface area (Å²) >= 11 is 0. The van der Waals surface area contributed by atoms with Gasteiger partial charge in [0.05, 0.1) is 25.4 Å². The summed E-state index contributed by atoms with van der Waals surface area (Å²) < 4.78 is 5.14. The number of aliphatic hydroxyl groups excluding tert-OH is 1. The van der Waals surface area contributed by atoms with Gasteiger partial charge in [-0.1, -0.05) is 13.3 Å². The van der Waals surface area contributed by atoms with Crippen molar-refractivity contribution in [2.75, 3.05) is 39.5 Å². The topological polar surface area (TPSA) is 52.9 Å². The van der Waals surface area contributed by atoms with Gasteiger partial charge in [-0.05, 0) is 6.42 Å². The lowest BCUT2D eigenvalue weighted by atomic mass is 9.89. The van der Waals surface area contributed by atoms with Crippen molar-refractivity contribution >= 4 is 0 Å². The van der Waals surface area contributed by atoms with Crippen molar-refractivity contribution in [2.24, 2.45) is 0 Å². The molecule has 1 aliphatic heterocycles. The lowest BCUT2D eigenvalue weighted by Gasteiger charge is -2.46. The predicted molar refractivity (Wildman–Crippen MR) is 54.2 cm³/mol. The van der Waals surface area contributed by atoms with Gasteiger partial charge in [-0.15, -0.1) is 0 Å². The molecule has 4 heteroatoms. The summed E-state index contributed by atoms with van der Waals surface area (Å²) in [6.07, 6.45) is 1.92. The quantitative estimate of drug-likeness (QED) is 0.565. The Balaban J connectivity index is 1.98. The third kappa shape index (κ3) is 3.53. The van der Waals surface area contributed by atoms with Crippen molar-refractivity contribution < 1.29 is 14.9 Å². The van der Waals surface area contributed by atoms with Crippen molar-refractivity contribution in [2.45, 2.75) is 25.4 Å². The second-order valence-electron chi connectivity index (χ2n) is 4.02. The number of hydrogen-bond donors (Lipinski definition) is 2. The fraction of sp³-hybridized carbons (Fsp3) is 1.00. The first-order chi connectivity index (χ1) is 6.70. The summed E-state index contributed by atoms with van der Waals surface area (Å²) in [6.45, 7) is 5.61. The van der Waals surface area contributed by atoms with Gasteiger partial charge in [-0.2, -0.15) is 0 Å². The standard InChI is InChI=1S/C10H21NO3/c1-2-3-10(13)8-11(9-10)4-6-14-7-5-12/h12-13H,2-9H2,1H3. The van der Waals surface area contributed by atoms with Crippen LogP contribution in [-0.4, -0.2) is 60.2 Å². The minimum atomic E-state index is -0.439. The maximum absolute atomic E-state index is 9.86. The van der Waals surface area contributed by atoms with Crippen LogP contribution >= 0.6 is 0 Å². The van der Waals surface area contributed by atoms with Crippen molar-refractivity contribution in [3.05, 3.63) is 0 Å². The molecule has 0 aliphatic carbocycles. The molecule has 14 heavy (non-hydrogen) atoms. The SMILES string of the molecule is CCCC1(O)CN(CCOCCO)C1. The van der Waals surface area contributed by atoms with Crippen LogP contribution in [0.3, 0.4) is 0 Å². The molecule has 0 aromatic carbocycles. The molecule has 1 fully saturated rings. The van der Waals surface area contributed by atoms with Gasteiger partial charge < -0.3 is 14.9 Å². The van der Waals surface area contributed by atoms with Gasteiger partial charge in [0, 0.05) is 19.6 Å². The van der Waals surface area contributed by atoms with E-state index in [4.69, 9.17) is 9.84 Å². The van der Waals surface area contributed by atoms with Gasteiger partial charge in [0.15, 0.2) is 0 Å². The Hall–Kier alpha value is -0.160. The zero-order chi connectivity index (χ0) is 10.4. The molecule has 2 N–H and O–H groups in total. The van der Waals surface area contributed by atoms with Gasteiger partial charge in [-0.3, -0.25) is 4.90 Å². The summed E-state index contributed by atoms with van der Waals surface area (Å²) in [7, 11) is 0. The van der Waals surface area contributed by atoms with E-state index in [1.54, 1.807) is 0 Å². The van der Waals surface area contributed by atoms with Crippen LogP contribution in [0.5, 0.6) is 0 Å². The largest absolute Gasteiger partial charge is 0.394 e. The number of likely N-dealkylation sites (tertiary alicyclic amines) is 1. The molecular formula is C10H21NO3. The number of β-amino-alcohol motifs (C(OH)–C–C–N with tert-alkyl or cyclic N) is 1. The molecule has 0 bridgehead atoms. The van der Waals surface area contributed by atoms with E-state index in [1.807, 2.05) is 0 Å². The minimum absolute atomic E-state index is 0.0831. The highest BCUT2D eigenvalue weighted by molar-refractivity contribution is 4.94. The zero-order valence-corrected chi connectivity index (χ0v) is 8.91. The molecule has 0 atom stereocenters. The molecule has 1 aliphatic rings. The highest BCUT2D eigenvalue weighted by atomic mass is 16.5. The van der Waals surface area contributed by atoms with Crippen molar-refractivity contribution in [3.8, 4) is 0 Å². The maximum Gasteiger partial charge on any atom is 0.0900 e. The minimum Gasteiger partial charge on any atom is -0.394 e. The highest BCUT2D eigenvalue weighted by Gasteiger charge is 2.39. The molecule has 0 aromatic heterocycles. The Morgan fingerprint density at radius 1 is 1.36 bits per heavy atom. The first-order valence-corrected chi connectivity index (χ1v) is 5.33. The van der Waals surface area contributed by atoms with Crippen LogP contribution in [0.2, 0.25) is 0 Å². The number of rotatable bonds is 7. The second-order valence-corrected chi connectivity index (χ2v) is 4.02. The van der Waals surface area contributed by atoms with E-state index in [-0.39, 0.29) is 6.61 Å². The van der Waals surface area contributed by atoms with E-state index in [1.165, 1.54) is 0 Å². The van der Waals surface area contributed by atoms with Gasteiger partial charge in [0.1, 0.15) is 0 Å². The molecule has 0 radical (unpaired) electrons. The van der Waals surface area contributed by atoms with Gasteiger partial charge in [-0.25, -0.2) is 0 Å². The summed E-state index contributed by atoms with van der Waals surface area (Å²) in [4.78, 5) is 2.17. The Bertz CT molecular complexity index is 157. The first-order valence-electron chi connectivity index (χ1n) is 5.33. The number of ether oxygens (including phenoxy) is 1. The third-order valence-corrected chi connectivity index (χ3v) is 2.54. The smallest absolute Gasteiger partial charge is 0.0900 e. The van der Waals surface area contributed by atoms with E-state index >= 15 is 0 Å². The van der Waals surface area contributed by atoms with E-state index in [9.17, 15) is 5.11 Å². The molecule has 1 saturated heterocycles. The monoisotopic (exact) mass is 203 g/mol.